The summed E-state index contributed by atoms with van der Waals surface area (Å²) in [5.41, 5.74) is 1.14. The molecule has 108 valence electrons. The third kappa shape index (κ3) is 3.28. The summed E-state index contributed by atoms with van der Waals surface area (Å²) in [5, 5.41) is 0. The number of benzene rings is 2. The van der Waals surface area contributed by atoms with Gasteiger partial charge >= 0.3 is 17.7 Å². The summed E-state index contributed by atoms with van der Waals surface area (Å²) in [6, 6.07) is 17.8. The van der Waals surface area contributed by atoms with Gasteiger partial charge in [0.1, 0.15) is 0 Å². The zero-order chi connectivity index (χ0) is 15.3. The summed E-state index contributed by atoms with van der Waals surface area (Å²) in [6.45, 7) is 2.56. The van der Waals surface area contributed by atoms with E-state index in [1.807, 2.05) is 12.1 Å². The Bertz CT molecular complexity index is 562. The van der Waals surface area contributed by atoms with Gasteiger partial charge < -0.3 is 9.47 Å². The highest BCUT2D eigenvalue weighted by atomic mass is 16.7. The first-order chi connectivity index (χ1) is 10.0. The van der Waals surface area contributed by atoms with Crippen LogP contribution in [0.2, 0.25) is 0 Å². The second-order valence-electron chi connectivity index (χ2n) is 4.54. The van der Waals surface area contributed by atoms with E-state index < -0.39 is 17.7 Å². The summed E-state index contributed by atoms with van der Waals surface area (Å²) in [5.74, 6) is -2.65. The lowest BCUT2D eigenvalue weighted by molar-refractivity contribution is -0.216. The van der Waals surface area contributed by atoms with Gasteiger partial charge in [-0.15, -0.1) is 0 Å². The van der Waals surface area contributed by atoms with Gasteiger partial charge in [-0.3, -0.25) is 9.59 Å². The van der Waals surface area contributed by atoms with Crippen LogP contribution in [0.15, 0.2) is 60.7 Å². The molecule has 0 N–H and O–H groups in total. The lowest BCUT2D eigenvalue weighted by Gasteiger charge is -2.32. The molecule has 0 saturated heterocycles. The van der Waals surface area contributed by atoms with Crippen LogP contribution in [0.5, 0.6) is 0 Å². The standard InChI is InChI=1S/C17H16O4/c1-13(18)20-17(21-14(2)19,15-9-5-3-6-10-15)16-11-7-4-8-12-16/h3-12H,1-2H3. The first-order valence-corrected chi connectivity index (χ1v) is 6.55. The third-order valence-corrected chi connectivity index (χ3v) is 2.88. The van der Waals surface area contributed by atoms with Crippen molar-refractivity contribution >= 4 is 11.9 Å². The monoisotopic (exact) mass is 284 g/mol. The van der Waals surface area contributed by atoms with Crippen molar-refractivity contribution in [2.75, 3.05) is 0 Å². The van der Waals surface area contributed by atoms with Gasteiger partial charge in [-0.25, -0.2) is 0 Å². The normalized spacial score (nSPS) is 10.8. The van der Waals surface area contributed by atoms with Crippen molar-refractivity contribution in [2.24, 2.45) is 0 Å². The molecule has 0 amide bonds. The maximum atomic E-state index is 11.6. The average Bonchev–Trinajstić information content (AvgIpc) is 2.47. The van der Waals surface area contributed by atoms with Crippen molar-refractivity contribution in [3.63, 3.8) is 0 Å². The van der Waals surface area contributed by atoms with Gasteiger partial charge in [0.25, 0.3) is 0 Å². The second-order valence-corrected chi connectivity index (χ2v) is 4.54. The number of hydrogen-bond donors (Lipinski definition) is 0. The summed E-state index contributed by atoms with van der Waals surface area (Å²) in [7, 11) is 0. The lowest BCUT2D eigenvalue weighted by Crippen LogP contribution is -2.37. The van der Waals surface area contributed by atoms with E-state index in [0.717, 1.165) is 0 Å². The van der Waals surface area contributed by atoms with Crippen LogP contribution in [0.4, 0.5) is 0 Å². The van der Waals surface area contributed by atoms with Crippen LogP contribution in [-0.4, -0.2) is 11.9 Å². The Labute approximate surface area is 123 Å². The zero-order valence-corrected chi connectivity index (χ0v) is 11.9. The SMILES string of the molecule is CC(=O)OC(OC(C)=O)(c1ccccc1)c1ccccc1. The highest BCUT2D eigenvalue weighted by Crippen LogP contribution is 2.35. The molecular formula is C17H16O4. The van der Waals surface area contributed by atoms with Crippen molar-refractivity contribution < 1.29 is 19.1 Å². The van der Waals surface area contributed by atoms with Gasteiger partial charge in [0.05, 0.1) is 0 Å². The molecule has 0 atom stereocenters. The molecule has 0 spiro atoms. The van der Waals surface area contributed by atoms with Crippen LogP contribution in [0.25, 0.3) is 0 Å². The van der Waals surface area contributed by atoms with Crippen LogP contribution in [0, 0.1) is 0 Å². The highest BCUT2D eigenvalue weighted by molar-refractivity contribution is 5.70. The maximum Gasteiger partial charge on any atom is 0.310 e. The molecule has 0 fully saturated rings. The fourth-order valence-corrected chi connectivity index (χ4v) is 2.14. The molecule has 0 aliphatic carbocycles. The Balaban J connectivity index is 2.64. The molecule has 0 aliphatic heterocycles. The van der Waals surface area contributed by atoms with Crippen LogP contribution >= 0.6 is 0 Å². The summed E-state index contributed by atoms with van der Waals surface area (Å²) in [4.78, 5) is 23.1. The predicted octanol–water partition coefficient (Wildman–Crippen LogP) is 3.01. The van der Waals surface area contributed by atoms with E-state index in [4.69, 9.17) is 9.47 Å². The van der Waals surface area contributed by atoms with Gasteiger partial charge in [0, 0.05) is 25.0 Å². The van der Waals surface area contributed by atoms with Crippen LogP contribution in [-0.2, 0) is 24.8 Å². The topological polar surface area (TPSA) is 52.6 Å². The van der Waals surface area contributed by atoms with Crippen LogP contribution in [0.3, 0.4) is 0 Å². The number of ether oxygens (including phenoxy) is 2. The first kappa shape index (κ1) is 14.8. The van der Waals surface area contributed by atoms with Crippen molar-refractivity contribution in [2.45, 2.75) is 19.6 Å². The minimum atomic E-state index is -1.57. The molecule has 0 heterocycles. The summed E-state index contributed by atoms with van der Waals surface area (Å²) < 4.78 is 10.9. The van der Waals surface area contributed by atoms with E-state index in [1.165, 1.54) is 13.8 Å². The number of carbonyl (C=O) groups is 2. The van der Waals surface area contributed by atoms with Crippen molar-refractivity contribution in [3.05, 3.63) is 71.8 Å². The highest BCUT2D eigenvalue weighted by Gasteiger charge is 2.41. The van der Waals surface area contributed by atoms with E-state index in [1.54, 1.807) is 48.5 Å². The van der Waals surface area contributed by atoms with Gasteiger partial charge in [-0.2, -0.15) is 0 Å². The molecule has 4 nitrogen and oxygen atoms in total. The Kier molecular flexibility index (Phi) is 4.38. The molecular weight excluding hydrogens is 268 g/mol. The average molecular weight is 284 g/mol. The van der Waals surface area contributed by atoms with Gasteiger partial charge in [-0.05, 0) is 0 Å². The maximum absolute atomic E-state index is 11.6. The Morgan fingerprint density at radius 1 is 0.714 bits per heavy atom. The van der Waals surface area contributed by atoms with Crippen LogP contribution < -0.4 is 0 Å². The number of carbonyl (C=O) groups excluding carboxylic acids is 2. The van der Waals surface area contributed by atoms with E-state index in [9.17, 15) is 9.59 Å². The van der Waals surface area contributed by atoms with E-state index >= 15 is 0 Å². The molecule has 0 unspecified atom stereocenters. The smallest absolute Gasteiger partial charge is 0.310 e. The molecule has 4 heteroatoms. The molecule has 21 heavy (non-hydrogen) atoms. The molecule has 2 rings (SSSR count). The quantitative estimate of drug-likeness (QED) is 0.639. The molecule has 0 saturated carbocycles. The lowest BCUT2D eigenvalue weighted by atomic mass is 9.97. The summed E-state index contributed by atoms with van der Waals surface area (Å²) in [6.07, 6.45) is 0. The third-order valence-electron chi connectivity index (χ3n) is 2.88. The molecule has 2 aromatic rings. The molecule has 0 aromatic heterocycles. The minimum Gasteiger partial charge on any atom is -0.414 e. The van der Waals surface area contributed by atoms with Gasteiger partial charge in [0.2, 0.25) is 0 Å². The molecule has 0 aliphatic rings. The Morgan fingerprint density at radius 2 is 1.05 bits per heavy atom. The minimum absolute atomic E-state index is 0.538. The van der Waals surface area contributed by atoms with E-state index in [0.29, 0.717) is 11.1 Å². The van der Waals surface area contributed by atoms with Crippen molar-refractivity contribution in [1.82, 2.24) is 0 Å². The van der Waals surface area contributed by atoms with E-state index in [-0.39, 0.29) is 0 Å². The Hall–Kier alpha value is -2.62. The number of hydrogen-bond acceptors (Lipinski definition) is 4. The van der Waals surface area contributed by atoms with Gasteiger partial charge in [-0.1, -0.05) is 60.7 Å². The summed E-state index contributed by atoms with van der Waals surface area (Å²) >= 11 is 0. The fraction of sp³-hybridized carbons (Fsp3) is 0.176. The molecule has 2 aromatic carbocycles. The Morgan fingerprint density at radius 3 is 1.33 bits per heavy atom. The predicted molar refractivity (Wildman–Crippen MR) is 77.2 cm³/mol. The fourth-order valence-electron chi connectivity index (χ4n) is 2.14. The molecule has 0 radical (unpaired) electrons. The van der Waals surface area contributed by atoms with Crippen molar-refractivity contribution in [1.29, 1.82) is 0 Å². The van der Waals surface area contributed by atoms with Gasteiger partial charge in [0.15, 0.2) is 0 Å². The van der Waals surface area contributed by atoms with Crippen molar-refractivity contribution in [3.8, 4) is 0 Å². The van der Waals surface area contributed by atoms with E-state index in [2.05, 4.69) is 0 Å². The zero-order valence-electron chi connectivity index (χ0n) is 11.9. The largest absolute Gasteiger partial charge is 0.414 e. The second kappa shape index (κ2) is 6.22. The number of esters is 2. The molecule has 0 bridgehead atoms. The number of rotatable bonds is 4. The first-order valence-electron chi connectivity index (χ1n) is 6.55. The van der Waals surface area contributed by atoms with Crippen LogP contribution in [0.1, 0.15) is 25.0 Å².